The molecule has 1 aliphatic heterocycles. The van der Waals surface area contributed by atoms with Crippen LogP contribution in [-0.4, -0.2) is 25.3 Å². The molecule has 18 heavy (non-hydrogen) atoms. The van der Waals surface area contributed by atoms with Gasteiger partial charge in [0, 0.05) is 17.5 Å². The normalized spacial score (nSPS) is 22.2. The first-order valence-electron chi connectivity index (χ1n) is 6.25. The molecule has 2 heterocycles. The van der Waals surface area contributed by atoms with Crippen LogP contribution < -0.4 is 0 Å². The van der Waals surface area contributed by atoms with Crippen molar-refractivity contribution in [1.82, 2.24) is 4.31 Å². The first-order chi connectivity index (χ1) is 8.61. The predicted octanol–water partition coefficient (Wildman–Crippen LogP) is 3.44. The summed E-state index contributed by atoms with van der Waals surface area (Å²) in [6.45, 7) is 2.69. The van der Waals surface area contributed by atoms with Gasteiger partial charge < -0.3 is 0 Å². The van der Waals surface area contributed by atoms with Crippen LogP contribution in [0.2, 0.25) is 0 Å². The van der Waals surface area contributed by atoms with Crippen LogP contribution in [0.3, 0.4) is 0 Å². The van der Waals surface area contributed by atoms with Crippen LogP contribution in [0.25, 0.3) is 0 Å². The fourth-order valence-electron chi connectivity index (χ4n) is 2.48. The molecule has 1 unspecified atom stereocenters. The van der Waals surface area contributed by atoms with Gasteiger partial charge in [-0.15, -0.1) is 22.9 Å². The van der Waals surface area contributed by atoms with Crippen LogP contribution >= 0.6 is 22.9 Å². The van der Waals surface area contributed by atoms with Crippen molar-refractivity contribution in [2.75, 3.05) is 6.54 Å². The largest absolute Gasteiger partial charge is 0.244 e. The van der Waals surface area contributed by atoms with Gasteiger partial charge in [-0.3, -0.25) is 0 Å². The number of nitrogens with zero attached hydrogens (tertiary/aromatic N) is 1. The lowest BCUT2D eigenvalue weighted by Gasteiger charge is -2.34. The summed E-state index contributed by atoms with van der Waals surface area (Å²) in [7, 11) is -3.36. The van der Waals surface area contributed by atoms with Gasteiger partial charge in [-0.1, -0.05) is 13.3 Å². The number of thiophene rings is 1. The second kappa shape index (κ2) is 5.90. The fourth-order valence-corrected chi connectivity index (χ4v) is 5.92. The highest BCUT2D eigenvalue weighted by Gasteiger charge is 2.33. The van der Waals surface area contributed by atoms with Gasteiger partial charge in [0.2, 0.25) is 10.0 Å². The lowest BCUT2D eigenvalue weighted by Crippen LogP contribution is -2.43. The average molecular weight is 308 g/mol. The van der Waals surface area contributed by atoms with Crippen molar-refractivity contribution in [1.29, 1.82) is 0 Å². The Kier molecular flexibility index (Phi) is 4.69. The van der Waals surface area contributed by atoms with Gasteiger partial charge in [-0.25, -0.2) is 8.42 Å². The van der Waals surface area contributed by atoms with E-state index in [2.05, 4.69) is 6.92 Å². The van der Waals surface area contributed by atoms with Crippen molar-refractivity contribution in [3.63, 3.8) is 0 Å². The lowest BCUT2D eigenvalue weighted by atomic mass is 10.0. The number of halogens is 1. The summed E-state index contributed by atoms with van der Waals surface area (Å²) in [5.74, 6) is 0.261. The number of hydrogen-bond donors (Lipinski definition) is 0. The van der Waals surface area contributed by atoms with Gasteiger partial charge in [0.05, 0.1) is 10.8 Å². The molecule has 1 aliphatic rings. The van der Waals surface area contributed by atoms with Crippen LogP contribution in [0.1, 0.15) is 37.5 Å². The van der Waals surface area contributed by atoms with Gasteiger partial charge in [-0.05, 0) is 30.7 Å². The zero-order valence-corrected chi connectivity index (χ0v) is 12.8. The maximum Gasteiger partial charge on any atom is 0.244 e. The average Bonchev–Trinajstić information content (AvgIpc) is 2.87. The lowest BCUT2D eigenvalue weighted by molar-refractivity contribution is 0.246. The number of rotatable bonds is 4. The molecule has 1 fully saturated rings. The van der Waals surface area contributed by atoms with Gasteiger partial charge in [0.25, 0.3) is 0 Å². The van der Waals surface area contributed by atoms with Gasteiger partial charge in [0.15, 0.2) is 0 Å². The Morgan fingerprint density at radius 1 is 1.50 bits per heavy atom. The smallest absolute Gasteiger partial charge is 0.207 e. The molecule has 2 rings (SSSR count). The molecule has 0 aromatic carbocycles. The SMILES string of the molecule is CCC1CCCCN1S(=O)(=O)c1ccsc1CCl. The summed E-state index contributed by atoms with van der Waals surface area (Å²) in [5.41, 5.74) is 0. The monoisotopic (exact) mass is 307 g/mol. The summed E-state index contributed by atoms with van der Waals surface area (Å²) in [4.78, 5) is 1.15. The van der Waals surface area contributed by atoms with E-state index in [1.165, 1.54) is 11.3 Å². The minimum atomic E-state index is -3.36. The highest BCUT2D eigenvalue weighted by molar-refractivity contribution is 7.89. The van der Waals surface area contributed by atoms with Crippen LogP contribution in [0.5, 0.6) is 0 Å². The molecule has 102 valence electrons. The van der Waals surface area contributed by atoms with Crippen LogP contribution in [0.4, 0.5) is 0 Å². The molecule has 0 aliphatic carbocycles. The number of hydrogen-bond acceptors (Lipinski definition) is 3. The molecule has 1 aromatic rings. The standard InChI is InChI=1S/C12H18ClNO2S2/c1-2-10-5-3-4-7-14(10)18(15,16)12-6-8-17-11(12)9-13/h6,8,10H,2-5,7,9H2,1H3. The van der Waals surface area contributed by atoms with E-state index in [0.717, 1.165) is 30.6 Å². The topological polar surface area (TPSA) is 37.4 Å². The van der Waals surface area contributed by atoms with Crippen molar-refractivity contribution in [2.45, 2.75) is 49.4 Å². The highest BCUT2D eigenvalue weighted by atomic mass is 35.5. The van der Waals surface area contributed by atoms with E-state index in [-0.39, 0.29) is 11.9 Å². The summed E-state index contributed by atoms with van der Waals surface area (Å²) in [5, 5.41) is 1.80. The molecule has 1 atom stereocenters. The van der Waals surface area contributed by atoms with Crippen LogP contribution in [-0.2, 0) is 15.9 Å². The third-order valence-electron chi connectivity index (χ3n) is 3.46. The minimum Gasteiger partial charge on any atom is -0.207 e. The maximum absolute atomic E-state index is 12.7. The highest BCUT2D eigenvalue weighted by Crippen LogP contribution is 2.31. The Labute approximate surface area is 118 Å². The summed E-state index contributed by atoms with van der Waals surface area (Å²) in [6.07, 6.45) is 3.92. The van der Waals surface area contributed by atoms with Gasteiger partial charge in [0.1, 0.15) is 0 Å². The molecule has 0 bridgehead atoms. The second-order valence-electron chi connectivity index (χ2n) is 4.52. The van der Waals surface area contributed by atoms with Gasteiger partial charge >= 0.3 is 0 Å². The van der Waals surface area contributed by atoms with E-state index in [9.17, 15) is 8.42 Å². The van der Waals surface area contributed by atoms with E-state index in [1.807, 2.05) is 0 Å². The van der Waals surface area contributed by atoms with Crippen molar-refractivity contribution < 1.29 is 8.42 Å². The molecule has 0 radical (unpaired) electrons. The first kappa shape index (κ1) is 14.3. The molecule has 0 saturated carbocycles. The van der Waals surface area contributed by atoms with Crippen LogP contribution in [0.15, 0.2) is 16.3 Å². The quantitative estimate of drug-likeness (QED) is 0.799. The predicted molar refractivity (Wildman–Crippen MR) is 75.7 cm³/mol. The molecule has 3 nitrogen and oxygen atoms in total. The number of alkyl halides is 1. The summed E-state index contributed by atoms with van der Waals surface area (Å²) < 4.78 is 27.0. The van der Waals surface area contributed by atoms with E-state index < -0.39 is 10.0 Å². The Morgan fingerprint density at radius 2 is 2.28 bits per heavy atom. The minimum absolute atomic E-state index is 0.145. The second-order valence-corrected chi connectivity index (χ2v) is 7.64. The number of piperidine rings is 1. The third-order valence-corrected chi connectivity index (χ3v) is 6.97. The van der Waals surface area contributed by atoms with E-state index >= 15 is 0 Å². The van der Waals surface area contributed by atoms with Crippen molar-refractivity contribution in [3.8, 4) is 0 Å². The third kappa shape index (κ3) is 2.59. The molecular formula is C12H18ClNO2S2. The first-order valence-corrected chi connectivity index (χ1v) is 9.10. The van der Waals surface area contributed by atoms with Gasteiger partial charge in [-0.2, -0.15) is 4.31 Å². The van der Waals surface area contributed by atoms with Crippen LogP contribution in [0, 0.1) is 0 Å². The Balaban J connectivity index is 2.35. The van der Waals surface area contributed by atoms with E-state index in [4.69, 9.17) is 11.6 Å². The fraction of sp³-hybridized carbons (Fsp3) is 0.667. The molecule has 0 N–H and O–H groups in total. The molecule has 0 spiro atoms. The van der Waals surface area contributed by atoms with E-state index in [0.29, 0.717) is 11.4 Å². The molecular weight excluding hydrogens is 290 g/mol. The Bertz CT molecular complexity index is 498. The van der Waals surface area contributed by atoms with Crippen molar-refractivity contribution >= 4 is 33.0 Å². The molecule has 1 aromatic heterocycles. The zero-order chi connectivity index (χ0) is 13.2. The summed E-state index contributed by atoms with van der Waals surface area (Å²) in [6, 6.07) is 1.82. The maximum atomic E-state index is 12.7. The summed E-state index contributed by atoms with van der Waals surface area (Å²) >= 11 is 7.23. The molecule has 0 amide bonds. The Morgan fingerprint density at radius 3 is 2.94 bits per heavy atom. The number of sulfonamides is 1. The molecule has 6 heteroatoms. The Hall–Kier alpha value is -0.100. The van der Waals surface area contributed by atoms with Crippen molar-refractivity contribution in [3.05, 3.63) is 16.3 Å². The van der Waals surface area contributed by atoms with Crippen molar-refractivity contribution in [2.24, 2.45) is 0 Å². The molecule has 1 saturated heterocycles. The zero-order valence-electron chi connectivity index (χ0n) is 10.4. The van der Waals surface area contributed by atoms with E-state index in [1.54, 1.807) is 15.8 Å².